The highest BCUT2D eigenvalue weighted by atomic mass is 16.7. The van der Waals surface area contributed by atoms with Crippen LogP contribution in [-0.2, 0) is 14.2 Å². The summed E-state index contributed by atoms with van der Waals surface area (Å²) in [5.41, 5.74) is 0. The minimum absolute atomic E-state index is 0.390. The third-order valence-electron chi connectivity index (χ3n) is 3.92. The van der Waals surface area contributed by atoms with Gasteiger partial charge in [0.1, 0.15) is 42.7 Å². The van der Waals surface area contributed by atoms with Crippen molar-refractivity contribution in [1.82, 2.24) is 0 Å². The van der Waals surface area contributed by atoms with Crippen LogP contribution in [0.2, 0.25) is 0 Å². The minimum Gasteiger partial charge on any atom is -0.388 e. The highest BCUT2D eigenvalue weighted by Gasteiger charge is 2.45. The first-order valence-electron chi connectivity index (χ1n) is 6.93. The standard InChI is InChI=1S/C12H22O10/c1-3-5(13)7(15)10(18)12(21-3)20-2-4-6(14)8(16)9(17)11(19)22-4/h3-19H,2H2,1H3/t3?,4?,5-,6-,7+,8+,9?,10?,11-,12-/m1/s1. The largest absolute Gasteiger partial charge is 0.388 e. The average molecular weight is 326 g/mol. The summed E-state index contributed by atoms with van der Waals surface area (Å²) in [5.74, 6) is 0. The van der Waals surface area contributed by atoms with Gasteiger partial charge in [-0.1, -0.05) is 0 Å². The highest BCUT2D eigenvalue weighted by Crippen LogP contribution is 2.24. The van der Waals surface area contributed by atoms with Crippen molar-refractivity contribution in [2.45, 2.75) is 68.3 Å². The molecule has 10 atom stereocenters. The maximum absolute atomic E-state index is 9.76. The summed E-state index contributed by atoms with van der Waals surface area (Å²) in [5, 5.41) is 67.0. The molecule has 2 rings (SSSR count). The third kappa shape index (κ3) is 3.41. The smallest absolute Gasteiger partial charge is 0.186 e. The summed E-state index contributed by atoms with van der Waals surface area (Å²) in [7, 11) is 0. The van der Waals surface area contributed by atoms with Crippen molar-refractivity contribution in [2.75, 3.05) is 6.61 Å². The van der Waals surface area contributed by atoms with E-state index in [9.17, 15) is 35.7 Å². The lowest BCUT2D eigenvalue weighted by Gasteiger charge is -2.41. The predicted octanol–water partition coefficient (Wildman–Crippen LogP) is -4.37. The van der Waals surface area contributed by atoms with Crippen molar-refractivity contribution in [1.29, 1.82) is 0 Å². The molecule has 0 aliphatic carbocycles. The van der Waals surface area contributed by atoms with Crippen LogP contribution < -0.4 is 0 Å². The van der Waals surface area contributed by atoms with Gasteiger partial charge >= 0.3 is 0 Å². The molecule has 2 fully saturated rings. The van der Waals surface area contributed by atoms with Gasteiger partial charge in [0.15, 0.2) is 12.6 Å². The van der Waals surface area contributed by atoms with Gasteiger partial charge in [0, 0.05) is 0 Å². The van der Waals surface area contributed by atoms with E-state index in [0.29, 0.717) is 0 Å². The summed E-state index contributed by atoms with van der Waals surface area (Å²) < 4.78 is 15.3. The summed E-state index contributed by atoms with van der Waals surface area (Å²) >= 11 is 0. The molecule has 2 heterocycles. The van der Waals surface area contributed by atoms with Crippen LogP contribution >= 0.6 is 0 Å². The SMILES string of the molecule is CC1O[C@@H](OCC2O[C@@H](O)C(O)[C@@H](O)[C@@H]2O)C(O)[C@@H](O)[C@@H]1O. The fraction of sp³-hybridized carbons (Fsp3) is 1.00. The number of aliphatic hydroxyl groups excluding tert-OH is 7. The van der Waals surface area contributed by atoms with Gasteiger partial charge in [-0.2, -0.15) is 0 Å². The zero-order valence-electron chi connectivity index (χ0n) is 11.8. The Morgan fingerprint density at radius 2 is 1.32 bits per heavy atom. The van der Waals surface area contributed by atoms with Gasteiger partial charge in [0.2, 0.25) is 0 Å². The number of hydrogen-bond acceptors (Lipinski definition) is 10. The van der Waals surface area contributed by atoms with Crippen LogP contribution in [-0.4, -0.2) is 104 Å². The molecule has 22 heavy (non-hydrogen) atoms. The van der Waals surface area contributed by atoms with Crippen molar-refractivity contribution in [3.63, 3.8) is 0 Å². The van der Waals surface area contributed by atoms with Crippen molar-refractivity contribution in [2.24, 2.45) is 0 Å². The second-order valence-electron chi connectivity index (χ2n) is 5.55. The summed E-state index contributed by atoms with van der Waals surface area (Å²) in [6.07, 6.45) is -14.0. The summed E-state index contributed by atoms with van der Waals surface area (Å²) in [6.45, 7) is 1.09. The van der Waals surface area contributed by atoms with Crippen LogP contribution in [0.5, 0.6) is 0 Å². The molecule has 0 bridgehead atoms. The Hall–Kier alpha value is -0.400. The lowest BCUT2D eigenvalue weighted by atomic mass is 9.99. The Morgan fingerprint density at radius 3 is 1.95 bits per heavy atom. The molecule has 0 amide bonds. The average Bonchev–Trinajstić information content (AvgIpc) is 2.49. The van der Waals surface area contributed by atoms with Gasteiger partial charge in [-0.3, -0.25) is 0 Å². The predicted molar refractivity (Wildman–Crippen MR) is 67.2 cm³/mol. The first-order valence-corrected chi connectivity index (χ1v) is 6.93. The van der Waals surface area contributed by atoms with Gasteiger partial charge in [-0.05, 0) is 6.92 Å². The van der Waals surface area contributed by atoms with Crippen LogP contribution in [0.25, 0.3) is 0 Å². The minimum atomic E-state index is -1.70. The molecule has 7 N–H and O–H groups in total. The number of aliphatic hydroxyl groups is 7. The molecule has 0 aromatic rings. The monoisotopic (exact) mass is 326 g/mol. The lowest BCUT2D eigenvalue weighted by Crippen LogP contribution is -2.60. The topological polar surface area (TPSA) is 169 Å². The first-order chi connectivity index (χ1) is 10.2. The second kappa shape index (κ2) is 7.01. The number of ether oxygens (including phenoxy) is 3. The Bertz CT molecular complexity index is 334. The Morgan fingerprint density at radius 1 is 0.727 bits per heavy atom. The first kappa shape index (κ1) is 17.9. The fourth-order valence-electron chi connectivity index (χ4n) is 2.41. The zero-order chi connectivity index (χ0) is 16.6. The molecule has 10 heteroatoms. The van der Waals surface area contributed by atoms with Crippen molar-refractivity contribution in [3.8, 4) is 0 Å². The van der Waals surface area contributed by atoms with E-state index >= 15 is 0 Å². The second-order valence-corrected chi connectivity index (χ2v) is 5.55. The highest BCUT2D eigenvalue weighted by molar-refractivity contribution is 4.90. The van der Waals surface area contributed by atoms with E-state index in [-0.39, 0.29) is 6.61 Å². The van der Waals surface area contributed by atoms with Gasteiger partial charge in [-0.15, -0.1) is 0 Å². The van der Waals surface area contributed by atoms with Gasteiger partial charge in [0.05, 0.1) is 12.7 Å². The molecule has 4 unspecified atom stereocenters. The van der Waals surface area contributed by atoms with Crippen LogP contribution in [0.3, 0.4) is 0 Å². The number of hydrogen-bond donors (Lipinski definition) is 7. The molecule has 0 radical (unpaired) electrons. The molecular formula is C12H22O10. The molecule has 0 aromatic heterocycles. The van der Waals surface area contributed by atoms with E-state index in [1.54, 1.807) is 0 Å². The van der Waals surface area contributed by atoms with Crippen molar-refractivity contribution in [3.05, 3.63) is 0 Å². The van der Waals surface area contributed by atoms with Crippen LogP contribution in [0.4, 0.5) is 0 Å². The summed E-state index contributed by atoms with van der Waals surface area (Å²) in [6, 6.07) is 0. The normalized spacial score (nSPS) is 53.5. The summed E-state index contributed by atoms with van der Waals surface area (Å²) in [4.78, 5) is 0. The lowest BCUT2D eigenvalue weighted by molar-refractivity contribution is -0.322. The Labute approximate surface area is 126 Å². The van der Waals surface area contributed by atoms with Crippen LogP contribution in [0.15, 0.2) is 0 Å². The molecule has 2 aliphatic heterocycles. The van der Waals surface area contributed by atoms with Gasteiger partial charge in [-0.25, -0.2) is 0 Å². The van der Waals surface area contributed by atoms with Crippen molar-refractivity contribution >= 4 is 0 Å². The number of rotatable bonds is 3. The Kier molecular flexibility index (Phi) is 5.72. The van der Waals surface area contributed by atoms with E-state index in [4.69, 9.17) is 14.2 Å². The van der Waals surface area contributed by atoms with E-state index in [2.05, 4.69) is 0 Å². The molecule has 0 aromatic carbocycles. The third-order valence-corrected chi connectivity index (χ3v) is 3.92. The van der Waals surface area contributed by atoms with E-state index in [1.165, 1.54) is 6.92 Å². The molecule has 130 valence electrons. The van der Waals surface area contributed by atoms with Gasteiger partial charge < -0.3 is 50.0 Å². The Balaban J connectivity index is 1.92. The van der Waals surface area contributed by atoms with E-state index in [0.717, 1.165) is 0 Å². The van der Waals surface area contributed by atoms with E-state index < -0.39 is 61.4 Å². The van der Waals surface area contributed by atoms with Gasteiger partial charge in [0.25, 0.3) is 0 Å². The molecule has 2 aliphatic rings. The van der Waals surface area contributed by atoms with Crippen molar-refractivity contribution < 1.29 is 50.0 Å². The molecule has 0 spiro atoms. The van der Waals surface area contributed by atoms with Crippen LogP contribution in [0, 0.1) is 0 Å². The van der Waals surface area contributed by atoms with Crippen LogP contribution in [0.1, 0.15) is 6.92 Å². The molecular weight excluding hydrogens is 304 g/mol. The molecule has 10 nitrogen and oxygen atoms in total. The zero-order valence-corrected chi connectivity index (χ0v) is 11.8. The fourth-order valence-corrected chi connectivity index (χ4v) is 2.41. The maximum Gasteiger partial charge on any atom is 0.186 e. The quantitative estimate of drug-likeness (QED) is 0.269. The maximum atomic E-state index is 9.76. The molecule has 0 saturated carbocycles. The molecule has 2 saturated heterocycles. The van der Waals surface area contributed by atoms with E-state index in [1.807, 2.05) is 0 Å².